The number of nitrogens with one attached hydrogen (secondary N) is 2. The molecule has 230 valence electrons. The van der Waals surface area contributed by atoms with Gasteiger partial charge in [-0.3, -0.25) is 14.5 Å². The molecule has 3 N–H and O–H groups in total. The molecule has 0 aliphatic carbocycles. The molecule has 3 aromatic carbocycles. The van der Waals surface area contributed by atoms with Crippen molar-refractivity contribution < 1.29 is 33.7 Å². The highest BCUT2D eigenvalue weighted by Gasteiger charge is 2.17. The van der Waals surface area contributed by atoms with Crippen molar-refractivity contribution in [2.24, 2.45) is 0 Å². The lowest BCUT2D eigenvalue weighted by Gasteiger charge is -2.26. The van der Waals surface area contributed by atoms with Gasteiger partial charge in [-0.25, -0.2) is 4.79 Å². The van der Waals surface area contributed by atoms with Crippen LogP contribution in [0.25, 0.3) is 0 Å². The van der Waals surface area contributed by atoms with Gasteiger partial charge < -0.3 is 34.9 Å². The van der Waals surface area contributed by atoms with E-state index in [0.29, 0.717) is 66.9 Å². The molecular formula is C32H40N4O7. The Morgan fingerprint density at radius 3 is 2.14 bits per heavy atom. The van der Waals surface area contributed by atoms with E-state index in [1.807, 2.05) is 54.3 Å². The molecule has 0 saturated carbocycles. The number of para-hydroxylation sites is 1. The fourth-order valence-corrected chi connectivity index (χ4v) is 4.62. The van der Waals surface area contributed by atoms with Crippen molar-refractivity contribution in [3.8, 4) is 17.2 Å². The molecule has 3 rings (SSSR count). The first-order valence-electron chi connectivity index (χ1n) is 13.9. The number of nitrogens with zero attached hydrogens (tertiary/aromatic N) is 2. The molecule has 3 amide bonds. The van der Waals surface area contributed by atoms with E-state index in [1.165, 1.54) is 14.0 Å². The number of ether oxygens (including phenoxy) is 3. The Labute approximate surface area is 252 Å². The van der Waals surface area contributed by atoms with Crippen LogP contribution < -0.4 is 29.7 Å². The number of hydrogen-bond donors (Lipinski definition) is 3. The maximum absolute atomic E-state index is 12.6. The molecule has 11 heteroatoms. The van der Waals surface area contributed by atoms with E-state index in [1.54, 1.807) is 37.3 Å². The Morgan fingerprint density at radius 1 is 0.791 bits per heavy atom. The first kappa shape index (κ1) is 32.7. The number of carbonyl (C=O) groups is 3. The van der Waals surface area contributed by atoms with Crippen LogP contribution >= 0.6 is 0 Å². The third-order valence-corrected chi connectivity index (χ3v) is 6.87. The number of carbonyl (C=O) groups excluding carboxylic acids is 2. The smallest absolute Gasteiger partial charge is 0.323 e. The lowest BCUT2D eigenvalue weighted by atomic mass is 10.1. The second kappa shape index (κ2) is 16.0. The molecule has 0 aromatic heterocycles. The highest BCUT2D eigenvalue weighted by Crippen LogP contribution is 2.31. The van der Waals surface area contributed by atoms with Crippen molar-refractivity contribution in [1.82, 2.24) is 4.90 Å². The number of rotatable bonds is 15. The van der Waals surface area contributed by atoms with E-state index in [4.69, 9.17) is 14.2 Å². The minimum Gasteiger partial charge on any atom is -0.494 e. The molecule has 0 fully saturated rings. The van der Waals surface area contributed by atoms with Gasteiger partial charge in [-0.05, 0) is 54.8 Å². The molecule has 0 atom stereocenters. The number of methoxy groups -OCH3 is 3. The Morgan fingerprint density at radius 2 is 1.49 bits per heavy atom. The summed E-state index contributed by atoms with van der Waals surface area (Å²) in [6.45, 7) is 5.20. The lowest BCUT2D eigenvalue weighted by molar-refractivity contribution is -0.137. The Balaban J connectivity index is 1.68. The van der Waals surface area contributed by atoms with E-state index in [2.05, 4.69) is 10.6 Å². The third-order valence-electron chi connectivity index (χ3n) is 6.87. The number of aryl methyl sites for hydroxylation is 1. The molecule has 0 aliphatic rings. The minimum atomic E-state index is -0.879. The van der Waals surface area contributed by atoms with Crippen molar-refractivity contribution in [3.05, 3.63) is 71.8 Å². The average Bonchev–Trinajstić information content (AvgIpc) is 2.99. The Kier molecular flexibility index (Phi) is 12.2. The zero-order chi connectivity index (χ0) is 31.4. The van der Waals surface area contributed by atoms with Gasteiger partial charge in [0, 0.05) is 50.5 Å². The fraction of sp³-hybridized carbons (Fsp3) is 0.344. The number of anilines is 3. The van der Waals surface area contributed by atoms with Gasteiger partial charge in [0.2, 0.25) is 5.91 Å². The van der Waals surface area contributed by atoms with Crippen molar-refractivity contribution >= 4 is 35.0 Å². The van der Waals surface area contributed by atoms with Crippen LogP contribution in [0.15, 0.2) is 60.7 Å². The predicted molar refractivity (Wildman–Crippen MR) is 167 cm³/mol. The topological polar surface area (TPSA) is 130 Å². The third kappa shape index (κ3) is 9.64. The van der Waals surface area contributed by atoms with Crippen molar-refractivity contribution in [1.29, 1.82) is 0 Å². The summed E-state index contributed by atoms with van der Waals surface area (Å²) in [6.07, 6.45) is 0.584. The van der Waals surface area contributed by atoms with Crippen molar-refractivity contribution in [2.75, 3.05) is 56.5 Å². The zero-order valence-corrected chi connectivity index (χ0v) is 25.3. The summed E-state index contributed by atoms with van der Waals surface area (Å²) in [7, 11) is 4.63. The maximum atomic E-state index is 12.6. The predicted octanol–water partition coefficient (Wildman–Crippen LogP) is 5.38. The van der Waals surface area contributed by atoms with Crippen LogP contribution in [0.2, 0.25) is 0 Å². The number of hydrogen-bond acceptors (Lipinski definition) is 7. The van der Waals surface area contributed by atoms with E-state index in [-0.39, 0.29) is 12.3 Å². The second-order valence-corrected chi connectivity index (χ2v) is 9.91. The lowest BCUT2D eigenvalue weighted by Crippen LogP contribution is -2.33. The van der Waals surface area contributed by atoms with Gasteiger partial charge in [0.25, 0.3) is 0 Å². The summed E-state index contributed by atoms with van der Waals surface area (Å²) in [5, 5.41) is 14.9. The number of urea groups is 1. The maximum Gasteiger partial charge on any atom is 0.323 e. The van der Waals surface area contributed by atoms with Gasteiger partial charge in [-0.15, -0.1) is 0 Å². The van der Waals surface area contributed by atoms with E-state index in [9.17, 15) is 19.5 Å². The molecule has 0 saturated heterocycles. The van der Waals surface area contributed by atoms with Crippen LogP contribution in [-0.4, -0.2) is 68.9 Å². The van der Waals surface area contributed by atoms with Gasteiger partial charge in [0.05, 0.1) is 33.4 Å². The zero-order valence-electron chi connectivity index (χ0n) is 25.3. The Bertz CT molecular complexity index is 1410. The van der Waals surface area contributed by atoms with E-state index < -0.39 is 12.0 Å². The summed E-state index contributed by atoms with van der Waals surface area (Å²) >= 11 is 0. The summed E-state index contributed by atoms with van der Waals surface area (Å²) in [5.41, 5.74) is 3.65. The molecule has 3 aromatic rings. The largest absolute Gasteiger partial charge is 0.494 e. The summed E-state index contributed by atoms with van der Waals surface area (Å²) < 4.78 is 16.2. The first-order valence-corrected chi connectivity index (χ1v) is 13.9. The van der Waals surface area contributed by atoms with Gasteiger partial charge in [-0.1, -0.05) is 24.3 Å². The summed E-state index contributed by atoms with van der Waals surface area (Å²) in [4.78, 5) is 40.2. The fourth-order valence-electron chi connectivity index (χ4n) is 4.62. The van der Waals surface area contributed by atoms with Gasteiger partial charge >= 0.3 is 12.0 Å². The van der Waals surface area contributed by atoms with Crippen LogP contribution in [0.3, 0.4) is 0 Å². The Hall–Kier alpha value is -4.77. The molecule has 0 spiro atoms. The SMILES string of the molecule is COc1cc(N(CCCN(CCC(=O)O)Cc2ccc(OC)c(OC)c2)C(C)=O)ccc1NC(=O)Nc1ccccc1C. The first-order chi connectivity index (χ1) is 20.6. The van der Waals surface area contributed by atoms with Gasteiger partial charge in [0.15, 0.2) is 11.5 Å². The van der Waals surface area contributed by atoms with Crippen LogP contribution in [0.1, 0.15) is 30.9 Å². The van der Waals surface area contributed by atoms with Gasteiger partial charge in [0.1, 0.15) is 5.75 Å². The van der Waals surface area contributed by atoms with Crippen LogP contribution in [0.4, 0.5) is 21.9 Å². The summed E-state index contributed by atoms with van der Waals surface area (Å²) in [6, 6.07) is 17.8. The molecule has 0 unspecified atom stereocenters. The molecule has 43 heavy (non-hydrogen) atoms. The molecule has 0 heterocycles. The molecule has 0 aliphatic heterocycles. The molecule has 11 nitrogen and oxygen atoms in total. The van der Waals surface area contributed by atoms with Crippen LogP contribution in [0, 0.1) is 6.92 Å². The molecule has 0 bridgehead atoms. The van der Waals surface area contributed by atoms with E-state index >= 15 is 0 Å². The summed E-state index contributed by atoms with van der Waals surface area (Å²) in [5.74, 6) is 0.581. The number of amides is 3. The normalized spacial score (nSPS) is 10.7. The quantitative estimate of drug-likeness (QED) is 0.214. The number of carboxylic acid groups (broad SMARTS) is 1. The van der Waals surface area contributed by atoms with Gasteiger partial charge in [-0.2, -0.15) is 0 Å². The van der Waals surface area contributed by atoms with Crippen LogP contribution in [-0.2, 0) is 16.1 Å². The monoisotopic (exact) mass is 592 g/mol. The van der Waals surface area contributed by atoms with Crippen molar-refractivity contribution in [2.45, 2.75) is 33.2 Å². The molecule has 0 radical (unpaired) electrons. The van der Waals surface area contributed by atoms with Crippen LogP contribution in [0.5, 0.6) is 17.2 Å². The van der Waals surface area contributed by atoms with E-state index in [0.717, 1.165) is 11.1 Å². The number of carboxylic acids is 1. The highest BCUT2D eigenvalue weighted by atomic mass is 16.5. The van der Waals surface area contributed by atoms with Crippen molar-refractivity contribution in [3.63, 3.8) is 0 Å². The number of aliphatic carboxylic acids is 1. The second-order valence-electron chi connectivity index (χ2n) is 9.91. The highest BCUT2D eigenvalue weighted by molar-refractivity contribution is 6.01. The molecular weight excluding hydrogens is 552 g/mol. The standard InChI is InChI=1S/C32H40N4O7/c1-22-9-6-7-10-26(22)33-32(40)34-27-13-12-25(20-29(27)42-4)36(23(2)37)17-8-16-35(18-15-31(38)39)21-24-11-14-28(41-3)30(19-24)43-5/h6-7,9-14,19-20H,8,15-18,21H2,1-5H3,(H,38,39)(H2,33,34,40). The minimum absolute atomic E-state index is 0.00715. The number of benzene rings is 3. The average molecular weight is 593 g/mol.